The van der Waals surface area contributed by atoms with E-state index in [9.17, 15) is 4.79 Å². The lowest BCUT2D eigenvalue weighted by atomic mass is 9.91. The number of aryl methyl sites for hydroxylation is 1. The van der Waals surface area contributed by atoms with E-state index >= 15 is 0 Å². The summed E-state index contributed by atoms with van der Waals surface area (Å²) in [6, 6.07) is 1.66. The fourth-order valence-corrected chi connectivity index (χ4v) is 2.66. The highest BCUT2D eigenvalue weighted by Crippen LogP contribution is 2.21. The molecule has 138 valence electrons. The third-order valence-corrected chi connectivity index (χ3v) is 3.65. The zero-order chi connectivity index (χ0) is 18.6. The minimum Gasteiger partial charge on any atom is -0.333 e. The van der Waals surface area contributed by atoms with Crippen LogP contribution in [0.2, 0.25) is 0 Å². The van der Waals surface area contributed by atoms with Crippen molar-refractivity contribution in [3.63, 3.8) is 0 Å². The second-order valence-corrected chi connectivity index (χ2v) is 8.08. The zero-order valence-electron chi connectivity index (χ0n) is 16.1. The highest BCUT2D eigenvalue weighted by molar-refractivity contribution is 5.88. The van der Waals surface area contributed by atoms with Crippen molar-refractivity contribution < 1.29 is 4.79 Å². The first kappa shape index (κ1) is 19.0. The third-order valence-electron chi connectivity index (χ3n) is 3.65. The molecule has 0 aliphatic rings. The number of aromatic nitrogens is 4. The monoisotopic (exact) mass is 346 g/mol. The number of imidazole rings is 1. The van der Waals surface area contributed by atoms with Crippen molar-refractivity contribution in [3.05, 3.63) is 30.0 Å². The molecular weight excluding hydrogens is 316 g/mol. The average Bonchev–Trinajstić information content (AvgIpc) is 3.01. The van der Waals surface area contributed by atoms with Gasteiger partial charge in [0.25, 0.3) is 0 Å². The van der Waals surface area contributed by atoms with Gasteiger partial charge >= 0.3 is 6.03 Å². The molecule has 0 unspecified atom stereocenters. The van der Waals surface area contributed by atoms with Gasteiger partial charge in [0.1, 0.15) is 11.6 Å². The topological polar surface area (TPSA) is 76.8 Å². The number of amides is 2. The van der Waals surface area contributed by atoms with E-state index in [1.165, 1.54) is 0 Å². The van der Waals surface area contributed by atoms with Gasteiger partial charge in [-0.1, -0.05) is 34.6 Å². The van der Waals surface area contributed by atoms with Crippen LogP contribution in [-0.4, -0.2) is 25.4 Å². The molecule has 2 heterocycles. The normalized spacial score (nSPS) is 11.8. The molecule has 0 aromatic carbocycles. The molecule has 0 bridgehead atoms. The second-order valence-electron chi connectivity index (χ2n) is 8.08. The maximum absolute atomic E-state index is 12.2. The van der Waals surface area contributed by atoms with Crippen LogP contribution in [0.4, 0.5) is 10.6 Å². The molecule has 0 atom stereocenters. The molecule has 0 spiro atoms. The van der Waals surface area contributed by atoms with Gasteiger partial charge < -0.3 is 9.88 Å². The van der Waals surface area contributed by atoms with Crippen LogP contribution in [0, 0.1) is 11.3 Å². The zero-order valence-corrected chi connectivity index (χ0v) is 16.1. The van der Waals surface area contributed by atoms with Crippen LogP contribution in [-0.2, 0) is 26.6 Å². The third kappa shape index (κ3) is 5.92. The van der Waals surface area contributed by atoms with Crippen molar-refractivity contribution in [2.75, 3.05) is 5.32 Å². The van der Waals surface area contributed by atoms with Gasteiger partial charge in [0.2, 0.25) is 0 Å². The lowest BCUT2D eigenvalue weighted by molar-refractivity contribution is 0.251. The molecule has 7 nitrogen and oxygen atoms in total. The molecule has 2 N–H and O–H groups in total. The predicted octanol–water partition coefficient (Wildman–Crippen LogP) is 3.18. The van der Waals surface area contributed by atoms with Gasteiger partial charge in [-0.15, -0.1) is 0 Å². The number of urea groups is 1. The molecule has 0 aliphatic carbocycles. The highest BCUT2D eigenvalue weighted by Gasteiger charge is 2.16. The van der Waals surface area contributed by atoms with Gasteiger partial charge in [-0.2, -0.15) is 5.10 Å². The summed E-state index contributed by atoms with van der Waals surface area (Å²) in [5.41, 5.74) is 1.12. The van der Waals surface area contributed by atoms with Crippen molar-refractivity contribution >= 4 is 11.8 Å². The quantitative estimate of drug-likeness (QED) is 0.843. The van der Waals surface area contributed by atoms with E-state index in [-0.39, 0.29) is 11.4 Å². The first-order chi connectivity index (χ1) is 11.6. The average molecular weight is 346 g/mol. The second kappa shape index (κ2) is 7.72. The van der Waals surface area contributed by atoms with Crippen molar-refractivity contribution in [1.82, 2.24) is 24.6 Å². The summed E-state index contributed by atoms with van der Waals surface area (Å²) in [4.78, 5) is 16.5. The summed E-state index contributed by atoms with van der Waals surface area (Å²) in [7, 11) is 1.83. The van der Waals surface area contributed by atoms with Crippen LogP contribution in [0.25, 0.3) is 0 Å². The van der Waals surface area contributed by atoms with Crippen molar-refractivity contribution in [3.8, 4) is 0 Å². The van der Waals surface area contributed by atoms with Crippen LogP contribution < -0.4 is 10.6 Å². The Morgan fingerprint density at radius 2 is 2.04 bits per heavy atom. The van der Waals surface area contributed by atoms with Crippen LogP contribution in [0.1, 0.15) is 46.1 Å². The number of carbonyl (C=O) groups is 1. The summed E-state index contributed by atoms with van der Waals surface area (Å²) in [6.45, 7) is 12.1. The Morgan fingerprint density at radius 1 is 1.32 bits per heavy atom. The Kier molecular flexibility index (Phi) is 5.87. The lowest BCUT2D eigenvalue weighted by Gasteiger charge is -2.15. The largest absolute Gasteiger partial charge is 0.333 e. The van der Waals surface area contributed by atoms with Gasteiger partial charge in [-0.3, -0.25) is 10.00 Å². The fourth-order valence-electron chi connectivity index (χ4n) is 2.66. The first-order valence-electron chi connectivity index (χ1n) is 8.72. The van der Waals surface area contributed by atoms with Crippen LogP contribution in [0.3, 0.4) is 0 Å². The summed E-state index contributed by atoms with van der Waals surface area (Å²) in [5.74, 6) is 2.06. The number of anilines is 1. The molecule has 2 aromatic rings. The van der Waals surface area contributed by atoms with Crippen molar-refractivity contribution in [2.45, 2.75) is 54.1 Å². The summed E-state index contributed by atoms with van der Waals surface area (Å²) >= 11 is 0. The number of hydrogen-bond acceptors (Lipinski definition) is 3. The molecule has 0 fully saturated rings. The molecule has 0 aliphatic heterocycles. The first-order valence-corrected chi connectivity index (χ1v) is 8.72. The van der Waals surface area contributed by atoms with E-state index in [2.05, 4.69) is 59.9 Å². The molecule has 0 saturated carbocycles. The van der Waals surface area contributed by atoms with Gasteiger partial charge in [0, 0.05) is 32.1 Å². The maximum atomic E-state index is 12.2. The number of hydrogen-bond donors (Lipinski definition) is 2. The molecule has 7 heteroatoms. The van der Waals surface area contributed by atoms with E-state index in [0.717, 1.165) is 24.5 Å². The van der Waals surface area contributed by atoms with Gasteiger partial charge in [0.05, 0.1) is 12.2 Å². The molecular formula is C18H30N6O. The molecule has 2 rings (SSSR count). The Hall–Kier alpha value is -2.31. The van der Waals surface area contributed by atoms with Gasteiger partial charge in [-0.25, -0.2) is 9.78 Å². The Balaban J connectivity index is 1.92. The Morgan fingerprint density at radius 3 is 2.68 bits per heavy atom. The Labute approximate surface area is 149 Å². The van der Waals surface area contributed by atoms with E-state index in [0.29, 0.717) is 18.3 Å². The van der Waals surface area contributed by atoms with E-state index in [4.69, 9.17) is 0 Å². The fraction of sp³-hybridized carbons (Fsp3) is 0.611. The number of carbonyl (C=O) groups excluding carboxylic acids is 1. The SMILES string of the molecule is CC(C)Cn1ccnc1CNC(=O)Nc1cc(CC(C)(C)C)nn1C. The minimum atomic E-state index is -0.260. The number of nitrogens with zero attached hydrogens (tertiary/aromatic N) is 4. The van der Waals surface area contributed by atoms with E-state index in [1.807, 2.05) is 19.3 Å². The molecule has 0 radical (unpaired) electrons. The summed E-state index contributed by atoms with van der Waals surface area (Å²) in [5, 5.41) is 10.2. The smallest absolute Gasteiger partial charge is 0.320 e. The molecule has 2 amide bonds. The predicted molar refractivity (Wildman–Crippen MR) is 99.3 cm³/mol. The van der Waals surface area contributed by atoms with E-state index in [1.54, 1.807) is 10.9 Å². The van der Waals surface area contributed by atoms with Crippen molar-refractivity contribution in [2.24, 2.45) is 18.4 Å². The molecule has 2 aromatic heterocycles. The number of rotatable bonds is 6. The number of nitrogens with one attached hydrogen (secondary N) is 2. The standard InChI is InChI=1S/C18H30N6O/c1-13(2)12-24-8-7-19-16(24)11-20-17(25)21-15-9-14(22-23(15)6)10-18(3,4)5/h7-9,13H,10-12H2,1-6H3,(H2,20,21,25). The van der Waals surface area contributed by atoms with Crippen LogP contribution in [0.15, 0.2) is 18.5 Å². The van der Waals surface area contributed by atoms with Crippen LogP contribution in [0.5, 0.6) is 0 Å². The summed E-state index contributed by atoms with van der Waals surface area (Å²) < 4.78 is 3.76. The van der Waals surface area contributed by atoms with Gasteiger partial charge in [-0.05, 0) is 17.8 Å². The van der Waals surface area contributed by atoms with E-state index < -0.39 is 0 Å². The molecule has 0 saturated heterocycles. The minimum absolute atomic E-state index is 0.154. The summed E-state index contributed by atoms with van der Waals surface area (Å²) in [6.07, 6.45) is 4.56. The maximum Gasteiger partial charge on any atom is 0.320 e. The van der Waals surface area contributed by atoms with Crippen molar-refractivity contribution in [1.29, 1.82) is 0 Å². The van der Waals surface area contributed by atoms with Gasteiger partial charge in [0.15, 0.2) is 0 Å². The lowest BCUT2D eigenvalue weighted by Crippen LogP contribution is -2.30. The Bertz CT molecular complexity index is 707. The van der Waals surface area contributed by atoms with Crippen LogP contribution >= 0.6 is 0 Å². The molecule has 25 heavy (non-hydrogen) atoms. The highest BCUT2D eigenvalue weighted by atomic mass is 16.2.